The molecule has 6 heteroatoms. The van der Waals surface area contributed by atoms with Crippen LogP contribution in [-0.2, 0) is 11.2 Å². The van der Waals surface area contributed by atoms with E-state index in [0.29, 0.717) is 30.9 Å². The summed E-state index contributed by atoms with van der Waals surface area (Å²) in [6, 6.07) is 10.1. The molecule has 0 spiro atoms. The molecule has 3 rings (SSSR count). The Hall–Kier alpha value is -2.47. The number of hydrogen-bond donors (Lipinski definition) is 1. The smallest absolute Gasteiger partial charge is 0.254 e. The van der Waals surface area contributed by atoms with Crippen LogP contribution in [-0.4, -0.2) is 49.1 Å². The second-order valence-corrected chi connectivity index (χ2v) is 6.59. The van der Waals surface area contributed by atoms with Gasteiger partial charge in [-0.25, -0.2) is 9.37 Å². The zero-order chi connectivity index (χ0) is 18.5. The van der Waals surface area contributed by atoms with Crippen LogP contribution in [0.4, 0.5) is 10.2 Å². The molecule has 0 saturated carbocycles. The number of amides is 1. The van der Waals surface area contributed by atoms with E-state index in [1.165, 1.54) is 6.07 Å². The van der Waals surface area contributed by atoms with Gasteiger partial charge >= 0.3 is 0 Å². The number of ether oxygens (including phenoxy) is 1. The number of hydrogen-bond acceptors (Lipinski definition) is 4. The van der Waals surface area contributed by atoms with Gasteiger partial charge in [-0.2, -0.15) is 0 Å². The van der Waals surface area contributed by atoms with Gasteiger partial charge in [-0.05, 0) is 42.7 Å². The van der Waals surface area contributed by atoms with Gasteiger partial charge < -0.3 is 15.0 Å². The van der Waals surface area contributed by atoms with E-state index in [-0.39, 0.29) is 23.7 Å². The number of carbonyl (C=O) groups is 1. The van der Waals surface area contributed by atoms with Crippen LogP contribution >= 0.6 is 0 Å². The van der Waals surface area contributed by atoms with Crippen LogP contribution < -0.4 is 5.32 Å². The van der Waals surface area contributed by atoms with Crippen LogP contribution in [0.5, 0.6) is 0 Å². The van der Waals surface area contributed by atoms with E-state index >= 15 is 0 Å². The highest BCUT2D eigenvalue weighted by atomic mass is 19.1. The summed E-state index contributed by atoms with van der Waals surface area (Å²) in [5, 5.41) is 2.95. The molecule has 1 fully saturated rings. The maximum Gasteiger partial charge on any atom is 0.254 e. The average Bonchev–Trinajstić information content (AvgIpc) is 2.67. The summed E-state index contributed by atoms with van der Waals surface area (Å²) < 4.78 is 19.1. The quantitative estimate of drug-likeness (QED) is 0.894. The molecule has 1 saturated heterocycles. The van der Waals surface area contributed by atoms with Gasteiger partial charge in [-0.15, -0.1) is 0 Å². The van der Waals surface area contributed by atoms with E-state index in [9.17, 15) is 9.18 Å². The molecule has 1 aliphatic heterocycles. The average molecular weight is 357 g/mol. The molecule has 1 aliphatic rings. The largest absolute Gasteiger partial charge is 0.381 e. The highest BCUT2D eigenvalue weighted by molar-refractivity contribution is 5.94. The second-order valence-electron chi connectivity index (χ2n) is 6.59. The zero-order valence-electron chi connectivity index (χ0n) is 15.1. The summed E-state index contributed by atoms with van der Waals surface area (Å²) >= 11 is 0. The first-order valence-electron chi connectivity index (χ1n) is 8.81. The van der Waals surface area contributed by atoms with Crippen molar-refractivity contribution < 1.29 is 13.9 Å². The first-order valence-corrected chi connectivity index (χ1v) is 8.81. The van der Waals surface area contributed by atoms with Gasteiger partial charge in [0.2, 0.25) is 0 Å². The summed E-state index contributed by atoms with van der Waals surface area (Å²) in [5.41, 5.74) is 1.54. The van der Waals surface area contributed by atoms with Gasteiger partial charge in [0.05, 0.1) is 6.10 Å². The molecule has 0 radical (unpaired) electrons. The Morgan fingerprint density at radius 1 is 1.38 bits per heavy atom. The number of benzene rings is 1. The van der Waals surface area contributed by atoms with Crippen LogP contribution in [0.1, 0.15) is 22.3 Å². The number of rotatable bonds is 5. The Labute approximate surface area is 153 Å². The predicted molar refractivity (Wildman–Crippen MR) is 98.7 cm³/mol. The number of nitrogens with zero attached hydrogens (tertiary/aromatic N) is 2. The third-order valence-corrected chi connectivity index (χ3v) is 4.90. The van der Waals surface area contributed by atoms with E-state index < -0.39 is 0 Å². The maximum atomic E-state index is 13.5. The Bertz CT molecular complexity index is 768. The minimum absolute atomic E-state index is 0.0114. The standard InChI is InChI=1S/C20H24FN3O2/c1-22-19-12-15(6-8-23-19)20(25)24-9-7-18(26-2)16(13-24)10-14-4-3-5-17(21)11-14/h3-6,8,11-12,16,18H,7,9-10,13H2,1-2H3,(H,22,23)/t16-,18+/m1/s1. The summed E-state index contributed by atoms with van der Waals surface area (Å²) in [6.07, 6.45) is 3.14. The van der Waals surface area contributed by atoms with Crippen molar-refractivity contribution in [2.45, 2.75) is 18.9 Å². The Kier molecular flexibility index (Phi) is 5.83. The van der Waals surface area contributed by atoms with Crippen molar-refractivity contribution >= 4 is 11.7 Å². The van der Waals surface area contributed by atoms with Crippen molar-refractivity contribution in [3.05, 3.63) is 59.5 Å². The number of carbonyl (C=O) groups excluding carboxylic acids is 1. The molecule has 0 unspecified atom stereocenters. The Balaban J connectivity index is 1.74. The molecule has 0 aliphatic carbocycles. The predicted octanol–water partition coefficient (Wildman–Crippen LogP) is 2.98. The van der Waals surface area contributed by atoms with Gasteiger partial charge in [-0.1, -0.05) is 12.1 Å². The Morgan fingerprint density at radius 3 is 2.96 bits per heavy atom. The molecular formula is C20H24FN3O2. The van der Waals surface area contributed by atoms with Crippen molar-refractivity contribution in [2.24, 2.45) is 5.92 Å². The highest BCUT2D eigenvalue weighted by Crippen LogP contribution is 2.25. The van der Waals surface area contributed by atoms with Crippen LogP contribution in [0.2, 0.25) is 0 Å². The minimum atomic E-state index is -0.239. The van der Waals surface area contributed by atoms with Crippen molar-refractivity contribution in [1.29, 1.82) is 0 Å². The number of anilines is 1. The lowest BCUT2D eigenvalue weighted by Crippen LogP contribution is -2.47. The van der Waals surface area contributed by atoms with E-state index in [1.807, 2.05) is 11.0 Å². The van der Waals surface area contributed by atoms with Crippen molar-refractivity contribution in [2.75, 3.05) is 32.6 Å². The van der Waals surface area contributed by atoms with Crippen molar-refractivity contribution in [1.82, 2.24) is 9.88 Å². The zero-order valence-corrected chi connectivity index (χ0v) is 15.1. The van der Waals surface area contributed by atoms with Gasteiger partial charge in [0.25, 0.3) is 5.91 Å². The fraction of sp³-hybridized carbons (Fsp3) is 0.400. The number of methoxy groups -OCH3 is 1. The molecular weight excluding hydrogens is 333 g/mol. The molecule has 1 amide bonds. The molecule has 1 aromatic carbocycles. The number of aromatic nitrogens is 1. The van der Waals surface area contributed by atoms with E-state index in [4.69, 9.17) is 4.74 Å². The summed E-state index contributed by atoms with van der Waals surface area (Å²) in [7, 11) is 3.47. The van der Waals surface area contributed by atoms with Crippen molar-refractivity contribution in [3.8, 4) is 0 Å². The fourth-order valence-electron chi connectivity index (χ4n) is 3.55. The molecule has 0 bridgehead atoms. The van der Waals surface area contributed by atoms with E-state index in [2.05, 4.69) is 10.3 Å². The number of piperidine rings is 1. The second kappa shape index (κ2) is 8.27. The molecule has 2 aromatic rings. The molecule has 1 aromatic heterocycles. The van der Waals surface area contributed by atoms with E-state index in [1.54, 1.807) is 44.6 Å². The lowest BCUT2D eigenvalue weighted by atomic mass is 9.88. The van der Waals surface area contributed by atoms with Gasteiger partial charge in [-0.3, -0.25) is 4.79 Å². The molecule has 2 atom stereocenters. The number of likely N-dealkylation sites (tertiary alicyclic amines) is 1. The lowest BCUT2D eigenvalue weighted by molar-refractivity contribution is -0.00301. The van der Waals surface area contributed by atoms with Crippen molar-refractivity contribution in [3.63, 3.8) is 0 Å². The third kappa shape index (κ3) is 4.19. The summed E-state index contributed by atoms with van der Waals surface area (Å²) in [4.78, 5) is 18.9. The number of nitrogens with one attached hydrogen (secondary N) is 1. The first kappa shape index (κ1) is 18.3. The van der Waals surface area contributed by atoms with Crippen LogP contribution in [0, 0.1) is 11.7 Å². The topological polar surface area (TPSA) is 54.5 Å². The molecule has 5 nitrogen and oxygen atoms in total. The molecule has 138 valence electrons. The molecule has 2 heterocycles. The van der Waals surface area contributed by atoms with Gasteiger partial charge in [0, 0.05) is 44.9 Å². The third-order valence-electron chi connectivity index (χ3n) is 4.90. The first-order chi connectivity index (χ1) is 12.6. The summed E-state index contributed by atoms with van der Waals surface area (Å²) in [5.74, 6) is 0.545. The fourth-order valence-corrected chi connectivity index (χ4v) is 3.55. The van der Waals surface area contributed by atoms with Crippen LogP contribution in [0.25, 0.3) is 0 Å². The normalized spacial score (nSPS) is 20.0. The van der Waals surface area contributed by atoms with Crippen LogP contribution in [0.15, 0.2) is 42.6 Å². The summed E-state index contributed by atoms with van der Waals surface area (Å²) in [6.45, 7) is 1.24. The lowest BCUT2D eigenvalue weighted by Gasteiger charge is -2.38. The Morgan fingerprint density at radius 2 is 2.23 bits per heavy atom. The SMILES string of the molecule is CNc1cc(C(=O)N2CC[C@H](OC)[C@H](Cc3cccc(F)c3)C2)ccn1. The van der Waals surface area contributed by atoms with Gasteiger partial charge in [0.15, 0.2) is 0 Å². The number of pyridine rings is 1. The maximum absolute atomic E-state index is 13.5. The van der Waals surface area contributed by atoms with Crippen LogP contribution in [0.3, 0.4) is 0 Å². The minimum Gasteiger partial charge on any atom is -0.381 e. The number of halogens is 1. The molecule has 26 heavy (non-hydrogen) atoms. The van der Waals surface area contributed by atoms with E-state index in [0.717, 1.165) is 12.0 Å². The molecule has 1 N–H and O–H groups in total. The monoisotopic (exact) mass is 357 g/mol. The highest BCUT2D eigenvalue weighted by Gasteiger charge is 2.32. The van der Waals surface area contributed by atoms with Gasteiger partial charge in [0.1, 0.15) is 11.6 Å².